The fourth-order valence-corrected chi connectivity index (χ4v) is 11.8. The summed E-state index contributed by atoms with van der Waals surface area (Å²) >= 11 is 5.99. The molecule has 71 heavy (non-hydrogen) atoms. The highest BCUT2D eigenvalue weighted by atomic mass is 35.5. The molecule has 0 aliphatic rings. The number of hydrogen-bond acceptors (Lipinski definition) is 27. The first-order chi connectivity index (χ1) is 32.2. The lowest BCUT2D eigenvalue weighted by Gasteiger charge is -2.16. The second kappa shape index (κ2) is 19.8. The van der Waals surface area contributed by atoms with Gasteiger partial charge in [-0.1, -0.05) is 0 Å². The van der Waals surface area contributed by atoms with Gasteiger partial charge in [-0.05, 0) is 60.1 Å². The third-order valence-corrected chi connectivity index (χ3v) is 16.5. The summed E-state index contributed by atoms with van der Waals surface area (Å²) in [6.45, 7) is -2.38. The fraction of sp³-hybridized carbons (Fsp3) is 0.138. The van der Waals surface area contributed by atoms with Crippen LogP contribution in [0.1, 0.15) is 0 Å². The highest BCUT2D eigenvalue weighted by molar-refractivity contribution is 7.92. The number of halogens is 1. The molecule has 0 radical (unpaired) electrons. The maximum Gasteiger partial charge on any atom is 0.397 e. The Labute approximate surface area is 404 Å². The van der Waals surface area contributed by atoms with Gasteiger partial charge in [0.1, 0.15) is 31.0 Å². The van der Waals surface area contributed by atoms with Crippen LogP contribution in [0.2, 0.25) is 5.28 Å². The maximum absolute atomic E-state index is 12.9. The molecule has 5 rings (SSSR count). The van der Waals surface area contributed by atoms with E-state index in [1.165, 1.54) is 0 Å². The molecule has 33 nitrogen and oxygen atoms in total. The Morgan fingerprint density at radius 2 is 1.00 bits per heavy atom. The molecule has 0 unspecified atom stereocenters. The number of hydrogen-bond donors (Lipinski definition) is 10. The van der Waals surface area contributed by atoms with Gasteiger partial charge in [-0.15, -0.1) is 10.2 Å². The van der Waals surface area contributed by atoms with E-state index in [0.717, 1.165) is 12.1 Å². The molecule has 1 heterocycles. The van der Waals surface area contributed by atoms with E-state index in [1.807, 2.05) is 0 Å². The van der Waals surface area contributed by atoms with E-state index in [0.29, 0.717) is 24.3 Å². The van der Waals surface area contributed by atoms with Crippen molar-refractivity contribution >= 4 is 138 Å². The van der Waals surface area contributed by atoms with E-state index in [-0.39, 0.29) is 12.1 Å². The summed E-state index contributed by atoms with van der Waals surface area (Å²) < 4.78 is 260. The van der Waals surface area contributed by atoms with Crippen molar-refractivity contribution in [1.82, 2.24) is 15.0 Å². The summed E-state index contributed by atoms with van der Waals surface area (Å²) in [6, 6.07) is 4.07. The Kier molecular flexibility index (Phi) is 15.8. The van der Waals surface area contributed by atoms with Gasteiger partial charge in [-0.3, -0.25) is 27.3 Å². The molecule has 1 aromatic heterocycles. The summed E-state index contributed by atoms with van der Waals surface area (Å²) in [5, 5.41) is 30.6. The number of benzene rings is 4. The number of anilines is 4. The summed E-state index contributed by atoms with van der Waals surface area (Å²) in [5.74, 6) is -6.91. The number of phenolic OH excluding ortho intramolecular Hbond substituents is 2. The Hall–Kier alpha value is -5.48. The van der Waals surface area contributed by atoms with Crippen LogP contribution in [0.15, 0.2) is 88.1 Å². The van der Waals surface area contributed by atoms with Crippen LogP contribution in [-0.4, -0.2) is 145 Å². The Balaban J connectivity index is 1.61. The topological polar surface area (TPSA) is 541 Å². The smallest absolute Gasteiger partial charge is 0.397 e. The second-order valence-corrected chi connectivity index (χ2v) is 25.6. The SMILES string of the molecule is O=S(=O)(O)OCCS(=O)(=O)c1ccc(N=Nc2c(S(=O)(=O)O)cc3c(S(=O)(=O)O)c(Nc4nc(Cl)nc(Nc5cc(S(=O)(=O)CCOS(=O)(=O)O)cc(S(=O)(=O)O)c5O)n4)ccc3c2O)c(S(=O)(=O)O)c1. The first kappa shape index (κ1) is 56.4. The molecule has 0 saturated heterocycles. The monoisotopic (exact) mass is 1180 g/mol. The number of nitrogens with one attached hydrogen (secondary N) is 2. The third-order valence-electron chi connectivity index (χ3n) is 8.50. The van der Waals surface area contributed by atoms with Gasteiger partial charge >= 0.3 is 20.8 Å². The van der Waals surface area contributed by atoms with Crippen LogP contribution in [0.25, 0.3) is 10.8 Å². The van der Waals surface area contributed by atoms with Crippen molar-refractivity contribution < 1.29 is 113 Å². The molecule has 4 aromatic carbocycles. The van der Waals surface area contributed by atoms with Crippen molar-refractivity contribution in [2.75, 3.05) is 35.4 Å². The quantitative estimate of drug-likeness (QED) is 0.0297. The van der Waals surface area contributed by atoms with Gasteiger partial charge in [-0.25, -0.2) is 25.2 Å². The van der Waals surface area contributed by atoms with Crippen molar-refractivity contribution in [2.24, 2.45) is 10.2 Å². The Bertz CT molecular complexity index is 4010. The van der Waals surface area contributed by atoms with E-state index in [9.17, 15) is 95.8 Å². The highest BCUT2D eigenvalue weighted by Crippen LogP contribution is 2.46. The molecule has 42 heteroatoms. The number of phenols is 2. The molecule has 0 saturated carbocycles. The van der Waals surface area contributed by atoms with E-state index in [4.69, 9.17) is 20.7 Å². The number of azo groups is 1. The van der Waals surface area contributed by atoms with E-state index in [2.05, 4.69) is 44.2 Å². The Morgan fingerprint density at radius 1 is 0.507 bits per heavy atom. The van der Waals surface area contributed by atoms with Crippen molar-refractivity contribution in [1.29, 1.82) is 0 Å². The lowest BCUT2D eigenvalue weighted by atomic mass is 10.1. The largest absolute Gasteiger partial charge is 0.505 e. The highest BCUT2D eigenvalue weighted by Gasteiger charge is 2.30. The minimum absolute atomic E-state index is 0.246. The van der Waals surface area contributed by atoms with Crippen LogP contribution >= 0.6 is 11.6 Å². The van der Waals surface area contributed by atoms with Crippen LogP contribution in [0.4, 0.5) is 34.6 Å². The van der Waals surface area contributed by atoms with Gasteiger partial charge in [0.25, 0.3) is 40.5 Å². The van der Waals surface area contributed by atoms with E-state index < -0.39 is 197 Å². The molecule has 0 bridgehead atoms. The van der Waals surface area contributed by atoms with Crippen LogP contribution in [-0.2, 0) is 89.3 Å². The van der Waals surface area contributed by atoms with Crippen LogP contribution in [0, 0.1) is 0 Å². The van der Waals surface area contributed by atoms with Gasteiger partial charge in [0, 0.05) is 10.8 Å². The van der Waals surface area contributed by atoms with Crippen LogP contribution < -0.4 is 10.6 Å². The molecule has 10 N–H and O–H groups in total. The third kappa shape index (κ3) is 14.1. The van der Waals surface area contributed by atoms with Crippen molar-refractivity contribution in [2.45, 2.75) is 29.4 Å². The number of sulfone groups is 2. The summed E-state index contributed by atoms with van der Waals surface area (Å²) in [6.07, 6.45) is 0. The number of fused-ring (bicyclic) bond motifs is 1. The standard InChI is InChI=1S/C29H26ClN7O26S8/c30-27-33-28(35-29(34-27)32-19-9-14(11-22(25(19)39)68(50,51)52)65(42,43)8-6-63-71(59,60)61)31-18-4-2-15-16(26(18)69(53,54)55)12-21(67(47,48)49)23(24(15)38)37-36-17-3-1-13(10-20(17)66(44,45)46)64(40,41)7-5-62-70(56,57)58/h1-4,9-12,38-39H,5-8H2,(H,44,45,46)(H,47,48,49)(H,50,51,52)(H,53,54,55)(H,56,57,58)(H,59,60,61)(H2,31,32,33,34,35). The fourth-order valence-electron chi connectivity index (χ4n) is 5.63. The first-order valence-corrected chi connectivity index (χ1v) is 29.7. The van der Waals surface area contributed by atoms with E-state index in [1.54, 1.807) is 0 Å². The molecular formula is C29H26ClN7O26S8. The number of aromatic hydroxyl groups is 2. The molecule has 0 fully saturated rings. The minimum Gasteiger partial charge on any atom is -0.505 e. The number of aromatic nitrogens is 3. The molecule has 0 spiro atoms. The number of rotatable bonds is 20. The molecule has 388 valence electrons. The van der Waals surface area contributed by atoms with Crippen LogP contribution in [0.5, 0.6) is 11.5 Å². The predicted molar refractivity (Wildman–Crippen MR) is 234 cm³/mol. The number of nitrogens with zero attached hydrogens (tertiary/aromatic N) is 5. The van der Waals surface area contributed by atoms with Gasteiger partial charge in [0.2, 0.25) is 17.2 Å². The normalized spacial score (nSPS) is 13.5. The first-order valence-electron chi connectivity index (χ1n) is 17.5. The van der Waals surface area contributed by atoms with Crippen molar-refractivity contribution in [3.05, 3.63) is 53.8 Å². The average molecular weight is 1180 g/mol. The van der Waals surface area contributed by atoms with Gasteiger partial charge < -0.3 is 20.8 Å². The zero-order chi connectivity index (χ0) is 53.7. The summed E-state index contributed by atoms with van der Waals surface area (Å²) in [5.41, 5.74) is -4.03. The summed E-state index contributed by atoms with van der Waals surface area (Å²) in [7, 11) is -42.0. The lowest BCUT2D eigenvalue weighted by Crippen LogP contribution is -2.16. The van der Waals surface area contributed by atoms with Gasteiger partial charge in [0.05, 0.1) is 45.9 Å². The molecule has 5 aromatic rings. The molecule has 0 atom stereocenters. The van der Waals surface area contributed by atoms with Gasteiger partial charge in [-0.2, -0.15) is 65.5 Å². The maximum atomic E-state index is 12.9. The van der Waals surface area contributed by atoms with Crippen LogP contribution in [0.3, 0.4) is 0 Å². The summed E-state index contributed by atoms with van der Waals surface area (Å²) in [4.78, 5) is 3.47. The molecule has 0 aliphatic heterocycles. The lowest BCUT2D eigenvalue weighted by molar-refractivity contribution is 0.282. The molecule has 0 amide bonds. The average Bonchev–Trinajstić information content (AvgIpc) is 3.18. The molecular weight excluding hydrogens is 1150 g/mol. The zero-order valence-corrected chi connectivity index (χ0v) is 41.0. The van der Waals surface area contributed by atoms with Crippen molar-refractivity contribution in [3.63, 3.8) is 0 Å². The molecule has 0 aliphatic carbocycles. The second-order valence-electron chi connectivity index (χ2n) is 13.3. The predicted octanol–water partition coefficient (Wildman–Crippen LogP) is 1.17. The van der Waals surface area contributed by atoms with Crippen molar-refractivity contribution in [3.8, 4) is 11.5 Å². The van der Waals surface area contributed by atoms with E-state index >= 15 is 0 Å². The zero-order valence-electron chi connectivity index (χ0n) is 33.8. The Morgan fingerprint density at radius 3 is 1.49 bits per heavy atom. The van der Waals surface area contributed by atoms with Gasteiger partial charge in [0.15, 0.2) is 31.2 Å². The minimum atomic E-state index is -5.69.